The standard InChI is InChI=1S/C27H28N2O5/c1-16-3-6-19(7-4-16)28-15-18(14-24(28)30)27(33)34-21-10-8-20(9-11-21)29-25(31)22-12-5-17(2)13-23(22)26(29)32/h3-4,6-11,17-18,22-23H,5,12-15H2,1-2H3/t17-,18+,22-,23+/m1/s1. The first kappa shape index (κ1) is 22.3. The number of hydrogen-bond donors (Lipinski definition) is 0. The van der Waals surface area contributed by atoms with Gasteiger partial charge in [0.05, 0.1) is 23.4 Å². The first-order valence-electron chi connectivity index (χ1n) is 11.9. The quantitative estimate of drug-likeness (QED) is 0.393. The van der Waals surface area contributed by atoms with Crippen LogP contribution in [0.2, 0.25) is 0 Å². The molecule has 0 N–H and O–H groups in total. The van der Waals surface area contributed by atoms with E-state index < -0.39 is 11.9 Å². The summed E-state index contributed by atoms with van der Waals surface area (Å²) in [5.74, 6) is -1.08. The summed E-state index contributed by atoms with van der Waals surface area (Å²) in [4.78, 5) is 53.9. The van der Waals surface area contributed by atoms with Crippen LogP contribution < -0.4 is 14.5 Å². The van der Waals surface area contributed by atoms with Crippen LogP contribution in [-0.4, -0.2) is 30.2 Å². The molecule has 7 heteroatoms. The summed E-state index contributed by atoms with van der Waals surface area (Å²) in [5, 5.41) is 0. The summed E-state index contributed by atoms with van der Waals surface area (Å²) in [6, 6.07) is 14.1. The van der Waals surface area contributed by atoms with Gasteiger partial charge in [0.25, 0.3) is 0 Å². The Hall–Kier alpha value is -3.48. The summed E-state index contributed by atoms with van der Waals surface area (Å²) in [6.45, 7) is 4.37. The summed E-state index contributed by atoms with van der Waals surface area (Å²) in [7, 11) is 0. The van der Waals surface area contributed by atoms with Gasteiger partial charge in [0.15, 0.2) is 0 Å². The predicted octanol–water partition coefficient (Wildman–Crippen LogP) is 3.88. The van der Waals surface area contributed by atoms with Crippen LogP contribution in [0.5, 0.6) is 5.75 Å². The number of ether oxygens (including phenoxy) is 1. The third kappa shape index (κ3) is 4.00. The molecule has 0 aromatic heterocycles. The lowest BCUT2D eigenvalue weighted by atomic mass is 9.76. The normalized spacial score (nSPS) is 26.7. The third-order valence-corrected chi connectivity index (χ3v) is 7.31. The number of benzene rings is 2. The number of hydrogen-bond acceptors (Lipinski definition) is 5. The largest absolute Gasteiger partial charge is 0.426 e. The van der Waals surface area contributed by atoms with Crippen molar-refractivity contribution in [2.24, 2.45) is 23.7 Å². The maximum absolute atomic E-state index is 12.9. The van der Waals surface area contributed by atoms with Gasteiger partial charge in [-0.05, 0) is 68.5 Å². The number of rotatable bonds is 4. The molecule has 2 heterocycles. The third-order valence-electron chi connectivity index (χ3n) is 7.31. The Morgan fingerprint density at radius 2 is 1.53 bits per heavy atom. The molecule has 34 heavy (non-hydrogen) atoms. The molecule has 3 aliphatic rings. The van der Waals surface area contributed by atoms with Gasteiger partial charge in [-0.3, -0.25) is 24.1 Å². The lowest BCUT2D eigenvalue weighted by Crippen LogP contribution is -2.30. The number of esters is 1. The molecule has 2 aromatic rings. The van der Waals surface area contributed by atoms with E-state index in [9.17, 15) is 19.2 Å². The number of fused-ring (bicyclic) bond motifs is 1. The minimum absolute atomic E-state index is 0.1000. The Morgan fingerprint density at radius 3 is 2.24 bits per heavy atom. The highest BCUT2D eigenvalue weighted by Gasteiger charge is 2.50. The molecule has 5 rings (SSSR count). The first-order valence-corrected chi connectivity index (χ1v) is 11.9. The van der Waals surface area contributed by atoms with Crippen LogP contribution in [0.15, 0.2) is 48.5 Å². The number of carbonyl (C=O) groups excluding carboxylic acids is 4. The van der Waals surface area contributed by atoms with E-state index in [-0.39, 0.29) is 42.5 Å². The minimum atomic E-state index is -0.555. The van der Waals surface area contributed by atoms with Crippen LogP contribution in [0.3, 0.4) is 0 Å². The lowest BCUT2D eigenvalue weighted by molar-refractivity contribution is -0.139. The number of aryl methyl sites for hydroxylation is 1. The van der Waals surface area contributed by atoms with E-state index in [1.54, 1.807) is 29.2 Å². The van der Waals surface area contributed by atoms with Crippen molar-refractivity contribution in [3.63, 3.8) is 0 Å². The van der Waals surface area contributed by atoms with Crippen molar-refractivity contribution in [1.82, 2.24) is 0 Å². The van der Waals surface area contributed by atoms with Gasteiger partial charge in [0.2, 0.25) is 17.7 Å². The first-order chi connectivity index (χ1) is 16.3. The number of nitrogens with zero attached hydrogens (tertiary/aromatic N) is 2. The second-order valence-corrected chi connectivity index (χ2v) is 9.80. The van der Waals surface area contributed by atoms with E-state index in [1.165, 1.54) is 4.90 Å². The SMILES string of the molecule is Cc1ccc(N2C[C@@H](C(=O)Oc3ccc(N4C(=O)[C@H]5C[C@H](C)CC[C@H]5C4=O)cc3)CC2=O)cc1. The second kappa shape index (κ2) is 8.70. The van der Waals surface area contributed by atoms with E-state index in [0.29, 0.717) is 17.4 Å². The van der Waals surface area contributed by atoms with Crippen molar-refractivity contribution in [2.75, 3.05) is 16.3 Å². The zero-order chi connectivity index (χ0) is 24.0. The topological polar surface area (TPSA) is 84.0 Å². The molecule has 2 aromatic carbocycles. The molecule has 0 bridgehead atoms. The summed E-state index contributed by atoms with van der Waals surface area (Å²) in [5.41, 5.74) is 2.36. The van der Waals surface area contributed by atoms with E-state index in [1.807, 2.05) is 31.2 Å². The Labute approximate surface area is 198 Å². The van der Waals surface area contributed by atoms with Gasteiger partial charge >= 0.3 is 5.97 Å². The van der Waals surface area contributed by atoms with E-state index in [2.05, 4.69) is 6.92 Å². The molecular formula is C27H28N2O5. The molecule has 176 valence electrons. The predicted molar refractivity (Wildman–Crippen MR) is 126 cm³/mol. The van der Waals surface area contributed by atoms with Crippen LogP contribution in [0.1, 0.15) is 38.2 Å². The van der Waals surface area contributed by atoms with Crippen LogP contribution in [0, 0.1) is 30.6 Å². The van der Waals surface area contributed by atoms with Crippen molar-refractivity contribution in [1.29, 1.82) is 0 Å². The molecule has 2 saturated heterocycles. The lowest BCUT2D eigenvalue weighted by Gasteiger charge is -2.25. The van der Waals surface area contributed by atoms with Gasteiger partial charge in [-0.1, -0.05) is 24.6 Å². The molecule has 3 amide bonds. The fourth-order valence-corrected chi connectivity index (χ4v) is 5.35. The van der Waals surface area contributed by atoms with Crippen LogP contribution in [0.4, 0.5) is 11.4 Å². The van der Waals surface area contributed by atoms with Gasteiger partial charge < -0.3 is 9.64 Å². The van der Waals surface area contributed by atoms with Gasteiger partial charge in [0, 0.05) is 18.7 Å². The molecule has 0 spiro atoms. The maximum Gasteiger partial charge on any atom is 0.316 e. The van der Waals surface area contributed by atoms with Gasteiger partial charge in [-0.25, -0.2) is 0 Å². The maximum atomic E-state index is 12.9. The highest BCUT2D eigenvalue weighted by atomic mass is 16.5. The van der Waals surface area contributed by atoms with Gasteiger partial charge in [0.1, 0.15) is 5.75 Å². The summed E-state index contributed by atoms with van der Waals surface area (Å²) < 4.78 is 5.52. The fraction of sp³-hybridized carbons (Fsp3) is 0.407. The molecule has 3 fully saturated rings. The average Bonchev–Trinajstić information content (AvgIpc) is 3.32. The molecule has 1 aliphatic carbocycles. The molecule has 1 saturated carbocycles. The van der Waals surface area contributed by atoms with E-state index in [0.717, 1.165) is 30.5 Å². The Morgan fingerprint density at radius 1 is 0.882 bits per heavy atom. The monoisotopic (exact) mass is 460 g/mol. The average molecular weight is 461 g/mol. The minimum Gasteiger partial charge on any atom is -0.426 e. The number of imide groups is 1. The van der Waals surface area contributed by atoms with Crippen molar-refractivity contribution in [3.05, 3.63) is 54.1 Å². The zero-order valence-electron chi connectivity index (χ0n) is 19.4. The molecular weight excluding hydrogens is 432 g/mol. The van der Waals surface area contributed by atoms with E-state index in [4.69, 9.17) is 4.74 Å². The Kier molecular flexibility index (Phi) is 5.71. The van der Waals surface area contributed by atoms with Gasteiger partial charge in [-0.2, -0.15) is 0 Å². The number of carbonyl (C=O) groups is 4. The highest BCUT2D eigenvalue weighted by Crippen LogP contribution is 2.42. The Bertz CT molecular complexity index is 1140. The van der Waals surface area contributed by atoms with Crippen molar-refractivity contribution < 1.29 is 23.9 Å². The highest BCUT2D eigenvalue weighted by molar-refractivity contribution is 6.22. The van der Waals surface area contributed by atoms with Crippen molar-refractivity contribution >= 4 is 35.1 Å². The Balaban J connectivity index is 1.24. The molecule has 0 unspecified atom stereocenters. The molecule has 4 atom stereocenters. The molecule has 2 aliphatic heterocycles. The smallest absolute Gasteiger partial charge is 0.316 e. The van der Waals surface area contributed by atoms with Gasteiger partial charge in [-0.15, -0.1) is 0 Å². The molecule has 7 nitrogen and oxygen atoms in total. The zero-order valence-corrected chi connectivity index (χ0v) is 19.4. The van der Waals surface area contributed by atoms with Crippen LogP contribution in [-0.2, 0) is 19.2 Å². The van der Waals surface area contributed by atoms with Crippen LogP contribution >= 0.6 is 0 Å². The summed E-state index contributed by atoms with van der Waals surface area (Å²) >= 11 is 0. The van der Waals surface area contributed by atoms with E-state index >= 15 is 0 Å². The molecule has 0 radical (unpaired) electrons. The van der Waals surface area contributed by atoms with Crippen LogP contribution in [0.25, 0.3) is 0 Å². The van der Waals surface area contributed by atoms with Crippen molar-refractivity contribution in [3.8, 4) is 5.75 Å². The number of anilines is 2. The fourth-order valence-electron chi connectivity index (χ4n) is 5.35. The second-order valence-electron chi connectivity index (χ2n) is 9.80. The summed E-state index contributed by atoms with van der Waals surface area (Å²) in [6.07, 6.45) is 2.57. The van der Waals surface area contributed by atoms with Crippen molar-refractivity contribution in [2.45, 2.75) is 39.5 Å². The number of amides is 3.